The maximum atomic E-state index is 14.1. The molecule has 45 heavy (non-hydrogen) atoms. The highest BCUT2D eigenvalue weighted by Crippen LogP contribution is 2.49. The van der Waals surface area contributed by atoms with Crippen LogP contribution in [0.2, 0.25) is 0 Å². The zero-order chi connectivity index (χ0) is 31.1. The summed E-state index contributed by atoms with van der Waals surface area (Å²) in [6, 6.07) is 15.0. The minimum absolute atomic E-state index is 0.177. The minimum atomic E-state index is -3.98. The second kappa shape index (κ2) is 9.89. The molecule has 232 valence electrons. The topological polar surface area (TPSA) is 109 Å². The Balaban J connectivity index is 1.32. The van der Waals surface area contributed by atoms with Crippen LogP contribution in [-0.4, -0.2) is 56.8 Å². The Hall–Kier alpha value is -4.22. The molecule has 2 fully saturated rings. The Labute approximate surface area is 261 Å². The number of aromatic nitrogens is 4. The number of likely N-dealkylation sites (tertiary alicyclic amines) is 1. The molecule has 1 saturated carbocycles. The fourth-order valence-corrected chi connectivity index (χ4v) is 8.30. The first-order valence-corrected chi connectivity index (χ1v) is 16.9. The van der Waals surface area contributed by atoms with Crippen molar-refractivity contribution in [2.75, 3.05) is 13.1 Å². The van der Waals surface area contributed by atoms with Gasteiger partial charge in [0.2, 0.25) is 0 Å². The van der Waals surface area contributed by atoms with Crippen molar-refractivity contribution in [2.24, 2.45) is 0 Å². The summed E-state index contributed by atoms with van der Waals surface area (Å²) in [6.07, 6.45) is 8.93. The molecule has 0 radical (unpaired) electrons. The molecule has 5 aromatic rings. The lowest BCUT2D eigenvalue weighted by Crippen LogP contribution is -2.38. The number of nitrogens with zero attached hydrogens (tertiary/aromatic N) is 5. The van der Waals surface area contributed by atoms with Gasteiger partial charge >= 0.3 is 6.09 Å². The highest BCUT2D eigenvalue weighted by Gasteiger charge is 2.50. The summed E-state index contributed by atoms with van der Waals surface area (Å²) < 4.78 is 43.8. The number of ether oxygens (including phenoxy) is 2. The normalized spacial score (nSPS) is 20.3. The Morgan fingerprint density at radius 3 is 2.62 bits per heavy atom. The summed E-state index contributed by atoms with van der Waals surface area (Å²) in [7, 11) is -3.98. The van der Waals surface area contributed by atoms with E-state index in [2.05, 4.69) is 16.8 Å². The number of pyridine rings is 1. The molecule has 3 aliphatic rings. The third kappa shape index (κ3) is 4.46. The molecule has 0 bridgehead atoms. The van der Waals surface area contributed by atoms with Crippen molar-refractivity contribution in [3.63, 3.8) is 0 Å². The molecular weight excluding hydrogens is 590 g/mol. The van der Waals surface area contributed by atoms with Crippen LogP contribution in [0.3, 0.4) is 0 Å². The predicted molar refractivity (Wildman–Crippen MR) is 169 cm³/mol. The molecule has 8 rings (SSSR count). The van der Waals surface area contributed by atoms with Crippen LogP contribution in [0, 0.1) is 0 Å². The molecule has 5 heterocycles. The second-order valence-electron chi connectivity index (χ2n) is 13.4. The van der Waals surface area contributed by atoms with Gasteiger partial charge in [0.25, 0.3) is 10.0 Å². The summed E-state index contributed by atoms with van der Waals surface area (Å²) in [6.45, 7) is 6.64. The SMILES string of the molecule is CC(C)(C)OC(=O)N1CCC2(C1)OCc1cnc3c(c(-c4ccc5c(cnn5C5CCC5)c4)cn3S(=O)(=O)c3ccccc3)c12. The van der Waals surface area contributed by atoms with E-state index in [-0.39, 0.29) is 11.0 Å². The molecule has 1 aliphatic carbocycles. The zero-order valence-corrected chi connectivity index (χ0v) is 26.4. The van der Waals surface area contributed by atoms with E-state index in [0.29, 0.717) is 37.8 Å². The molecule has 1 saturated heterocycles. The molecule has 2 aliphatic heterocycles. The largest absolute Gasteiger partial charge is 0.444 e. The number of fused-ring (bicyclic) bond motifs is 5. The van der Waals surface area contributed by atoms with Crippen LogP contribution < -0.4 is 0 Å². The van der Waals surface area contributed by atoms with Gasteiger partial charge < -0.3 is 14.4 Å². The molecule has 1 spiro atoms. The van der Waals surface area contributed by atoms with Gasteiger partial charge in [-0.15, -0.1) is 0 Å². The highest BCUT2D eigenvalue weighted by molar-refractivity contribution is 7.90. The first-order valence-electron chi connectivity index (χ1n) is 15.5. The molecule has 11 heteroatoms. The highest BCUT2D eigenvalue weighted by atomic mass is 32.2. The molecule has 1 amide bonds. The Bertz CT molecular complexity index is 2090. The van der Waals surface area contributed by atoms with E-state index < -0.39 is 21.2 Å². The van der Waals surface area contributed by atoms with Gasteiger partial charge in [0, 0.05) is 52.8 Å². The molecule has 3 aromatic heterocycles. The number of carbonyl (C=O) groups is 1. The van der Waals surface area contributed by atoms with Gasteiger partial charge in [-0.2, -0.15) is 5.10 Å². The van der Waals surface area contributed by atoms with Gasteiger partial charge in [-0.05, 0) is 69.9 Å². The van der Waals surface area contributed by atoms with E-state index in [1.165, 1.54) is 10.4 Å². The van der Waals surface area contributed by atoms with E-state index in [1.807, 2.05) is 33.0 Å². The fourth-order valence-electron chi connectivity index (χ4n) is 6.96. The average Bonchev–Trinajstić information content (AvgIpc) is 3.77. The van der Waals surface area contributed by atoms with Gasteiger partial charge in [-0.3, -0.25) is 4.68 Å². The summed E-state index contributed by atoms with van der Waals surface area (Å²) in [5.41, 5.74) is 3.35. The number of amides is 1. The van der Waals surface area contributed by atoms with Crippen molar-refractivity contribution in [2.45, 2.75) is 75.2 Å². The van der Waals surface area contributed by atoms with Crippen LogP contribution in [0.4, 0.5) is 4.79 Å². The Morgan fingerprint density at radius 2 is 1.89 bits per heavy atom. The Kier molecular flexibility index (Phi) is 6.21. The van der Waals surface area contributed by atoms with Crippen molar-refractivity contribution >= 4 is 38.1 Å². The van der Waals surface area contributed by atoms with Gasteiger partial charge in [0.1, 0.15) is 11.2 Å². The van der Waals surface area contributed by atoms with E-state index in [0.717, 1.165) is 51.4 Å². The summed E-state index contributed by atoms with van der Waals surface area (Å²) in [5.74, 6) is 0. The third-order valence-electron chi connectivity index (χ3n) is 9.33. The molecule has 2 aromatic carbocycles. The maximum Gasteiger partial charge on any atom is 0.410 e. The lowest BCUT2D eigenvalue weighted by atomic mass is 9.87. The minimum Gasteiger partial charge on any atom is -0.444 e. The van der Waals surface area contributed by atoms with Crippen molar-refractivity contribution in [1.82, 2.24) is 23.6 Å². The smallest absolute Gasteiger partial charge is 0.410 e. The Morgan fingerprint density at radius 1 is 1.09 bits per heavy atom. The van der Waals surface area contributed by atoms with Crippen molar-refractivity contribution in [3.8, 4) is 11.1 Å². The van der Waals surface area contributed by atoms with E-state index in [9.17, 15) is 13.2 Å². The van der Waals surface area contributed by atoms with Gasteiger partial charge in [-0.25, -0.2) is 22.2 Å². The van der Waals surface area contributed by atoms with Crippen LogP contribution in [0.15, 0.2) is 72.0 Å². The first kappa shape index (κ1) is 28.3. The quantitative estimate of drug-likeness (QED) is 0.228. The van der Waals surface area contributed by atoms with Crippen molar-refractivity contribution < 1.29 is 22.7 Å². The van der Waals surface area contributed by atoms with Crippen LogP contribution in [0.5, 0.6) is 0 Å². The van der Waals surface area contributed by atoms with Crippen molar-refractivity contribution in [3.05, 3.63) is 78.2 Å². The van der Waals surface area contributed by atoms with Gasteiger partial charge in [0.05, 0.1) is 35.8 Å². The number of benzene rings is 2. The fraction of sp³-hybridized carbons (Fsp3) is 0.382. The average molecular weight is 626 g/mol. The predicted octanol–water partition coefficient (Wildman–Crippen LogP) is 6.38. The van der Waals surface area contributed by atoms with E-state index in [4.69, 9.17) is 19.6 Å². The third-order valence-corrected chi connectivity index (χ3v) is 11.0. The number of rotatable bonds is 4. The summed E-state index contributed by atoms with van der Waals surface area (Å²) in [4.78, 5) is 19.7. The van der Waals surface area contributed by atoms with Gasteiger partial charge in [-0.1, -0.05) is 24.3 Å². The zero-order valence-electron chi connectivity index (χ0n) is 25.6. The van der Waals surface area contributed by atoms with E-state index in [1.54, 1.807) is 47.6 Å². The number of carbonyl (C=O) groups excluding carboxylic acids is 1. The van der Waals surface area contributed by atoms with Crippen LogP contribution in [-0.2, 0) is 31.7 Å². The molecule has 0 N–H and O–H groups in total. The maximum absolute atomic E-state index is 14.1. The molecule has 1 atom stereocenters. The van der Waals surface area contributed by atoms with Crippen LogP contribution >= 0.6 is 0 Å². The lowest BCUT2D eigenvalue weighted by molar-refractivity contribution is -0.0320. The van der Waals surface area contributed by atoms with Crippen LogP contribution in [0.1, 0.15) is 63.6 Å². The van der Waals surface area contributed by atoms with E-state index >= 15 is 0 Å². The van der Waals surface area contributed by atoms with Crippen molar-refractivity contribution in [1.29, 1.82) is 0 Å². The molecule has 1 unspecified atom stereocenters. The standard InChI is InChI=1S/C34H35N5O5S/c1-33(2,3)44-32(40)37-15-14-34(21-37)30-24(20-43-34)17-35-31-29(30)27(19-38(31)45(41,42)26-10-5-4-6-11-26)22-12-13-28-23(16-22)18-36-39(28)25-8-7-9-25/h4-6,10-13,16-19,25H,7-9,14-15,20-21H2,1-3H3. The van der Waals surface area contributed by atoms with Gasteiger partial charge in [0.15, 0.2) is 5.65 Å². The molecular formula is C34H35N5O5S. The summed E-state index contributed by atoms with van der Waals surface area (Å²) >= 11 is 0. The van der Waals surface area contributed by atoms with Crippen LogP contribution in [0.25, 0.3) is 33.1 Å². The monoisotopic (exact) mass is 625 g/mol. The second-order valence-corrected chi connectivity index (χ2v) is 15.2. The number of hydrogen-bond acceptors (Lipinski definition) is 7. The first-order chi connectivity index (χ1) is 21.5. The lowest BCUT2D eigenvalue weighted by Gasteiger charge is -2.27. The summed E-state index contributed by atoms with van der Waals surface area (Å²) in [5, 5.41) is 6.42. The number of hydrogen-bond donors (Lipinski definition) is 0. The molecule has 10 nitrogen and oxygen atoms in total.